The molecule has 0 aliphatic heterocycles. The van der Waals surface area contributed by atoms with E-state index in [0.29, 0.717) is 4.68 Å². The van der Waals surface area contributed by atoms with Crippen LogP contribution in [0.25, 0.3) is 22.7 Å². The van der Waals surface area contributed by atoms with Crippen LogP contribution >= 0.6 is 0 Å². The predicted octanol–water partition coefficient (Wildman–Crippen LogP) is 3.96. The van der Waals surface area contributed by atoms with E-state index >= 15 is 0 Å². The Kier molecular flexibility index (Phi) is 5.01. The molecule has 0 atom stereocenters. The van der Waals surface area contributed by atoms with Gasteiger partial charge in [0.2, 0.25) is 5.78 Å². The van der Waals surface area contributed by atoms with E-state index in [1.165, 1.54) is 24.5 Å². The molecule has 174 valence electrons. The van der Waals surface area contributed by atoms with Crippen LogP contribution in [-0.4, -0.2) is 40.8 Å². The molecule has 0 spiro atoms. The molecule has 0 fully saturated rings. The van der Waals surface area contributed by atoms with E-state index in [-0.39, 0.29) is 23.0 Å². The highest BCUT2D eigenvalue weighted by Gasteiger charge is 2.57. The third-order valence-corrected chi connectivity index (χ3v) is 4.52. The van der Waals surface area contributed by atoms with Gasteiger partial charge in [0.1, 0.15) is 6.54 Å². The molecule has 0 aliphatic carbocycles. The molecule has 15 heteroatoms. The van der Waals surface area contributed by atoms with Crippen molar-refractivity contribution in [2.45, 2.75) is 24.8 Å². The Balaban J connectivity index is 1.91. The zero-order valence-corrected chi connectivity index (χ0v) is 15.9. The molecule has 33 heavy (non-hydrogen) atoms. The molecule has 0 amide bonds. The standard InChI is InChI=1S/C18H10F8N6O/c19-16(20,18(24,25)26)9-30-7-10(5-28-30)12-8-31-14(33)4-13(17(21,22)23)29-15(31)32(12)11-2-1-3-27-6-11/h1-8H,9H2. The molecule has 0 unspecified atom stereocenters. The number of hydrogen-bond acceptors (Lipinski definition) is 4. The summed E-state index contributed by atoms with van der Waals surface area (Å²) in [6.07, 6.45) is -5.30. The van der Waals surface area contributed by atoms with Crippen LogP contribution in [0.1, 0.15) is 5.69 Å². The third kappa shape index (κ3) is 4.05. The van der Waals surface area contributed by atoms with E-state index in [4.69, 9.17) is 0 Å². The molecule has 4 aromatic heterocycles. The van der Waals surface area contributed by atoms with Crippen LogP contribution in [0, 0.1) is 0 Å². The molecule has 4 rings (SSSR count). The summed E-state index contributed by atoms with van der Waals surface area (Å²) in [7, 11) is 0. The number of alkyl halides is 8. The van der Waals surface area contributed by atoms with Gasteiger partial charge in [0.15, 0.2) is 5.69 Å². The molecule has 0 aromatic carbocycles. The van der Waals surface area contributed by atoms with E-state index in [9.17, 15) is 39.9 Å². The van der Waals surface area contributed by atoms with E-state index in [1.54, 1.807) is 0 Å². The number of nitrogens with zero attached hydrogens (tertiary/aromatic N) is 6. The Bertz CT molecular complexity index is 1370. The summed E-state index contributed by atoms with van der Waals surface area (Å²) in [6, 6.07) is 3.14. The monoisotopic (exact) mass is 478 g/mol. The second kappa shape index (κ2) is 7.38. The summed E-state index contributed by atoms with van der Waals surface area (Å²) in [6.45, 7) is -1.82. The van der Waals surface area contributed by atoms with Gasteiger partial charge in [-0.25, -0.2) is 4.98 Å². The minimum absolute atomic E-state index is 0.0477. The van der Waals surface area contributed by atoms with E-state index < -0.39 is 41.9 Å². The van der Waals surface area contributed by atoms with Crippen molar-refractivity contribution in [3.63, 3.8) is 0 Å². The molecule has 0 bridgehead atoms. The average Bonchev–Trinajstić information content (AvgIpc) is 3.31. The van der Waals surface area contributed by atoms with Gasteiger partial charge in [-0.2, -0.15) is 40.2 Å². The van der Waals surface area contributed by atoms with Crippen LogP contribution in [-0.2, 0) is 12.7 Å². The maximum absolute atomic E-state index is 13.4. The van der Waals surface area contributed by atoms with E-state index in [0.717, 1.165) is 27.6 Å². The molecule has 0 N–H and O–H groups in total. The number of rotatable bonds is 4. The van der Waals surface area contributed by atoms with Gasteiger partial charge in [-0.1, -0.05) is 0 Å². The van der Waals surface area contributed by atoms with Crippen molar-refractivity contribution < 1.29 is 35.1 Å². The van der Waals surface area contributed by atoms with Gasteiger partial charge >= 0.3 is 18.3 Å². The van der Waals surface area contributed by atoms with E-state index in [2.05, 4.69) is 15.1 Å². The first-order valence-corrected chi connectivity index (χ1v) is 8.88. The van der Waals surface area contributed by atoms with Crippen LogP contribution in [0.4, 0.5) is 35.1 Å². The predicted molar refractivity (Wildman–Crippen MR) is 95.8 cm³/mol. The Labute approximate surface area is 177 Å². The second-order valence-electron chi connectivity index (χ2n) is 6.84. The van der Waals surface area contributed by atoms with Crippen molar-refractivity contribution in [1.82, 2.24) is 28.7 Å². The fourth-order valence-corrected chi connectivity index (χ4v) is 3.01. The molecule has 4 aromatic rings. The topological polar surface area (TPSA) is 70.0 Å². The van der Waals surface area contributed by atoms with Gasteiger partial charge in [-0.05, 0) is 12.1 Å². The zero-order valence-electron chi connectivity index (χ0n) is 15.9. The van der Waals surface area contributed by atoms with Crippen LogP contribution in [0.15, 0.2) is 54.0 Å². The molecule has 4 heterocycles. The maximum atomic E-state index is 13.4. The average molecular weight is 478 g/mol. The molecule has 0 saturated carbocycles. The van der Waals surface area contributed by atoms with Gasteiger partial charge in [-0.15, -0.1) is 0 Å². The highest BCUT2D eigenvalue weighted by atomic mass is 19.4. The maximum Gasteiger partial charge on any atom is 0.455 e. The zero-order chi connectivity index (χ0) is 24.2. The number of pyridine rings is 1. The smallest absolute Gasteiger partial charge is 0.276 e. The Hall–Kier alpha value is -3.78. The first-order valence-electron chi connectivity index (χ1n) is 8.88. The second-order valence-corrected chi connectivity index (χ2v) is 6.84. The Morgan fingerprint density at radius 2 is 1.70 bits per heavy atom. The summed E-state index contributed by atoms with van der Waals surface area (Å²) < 4.78 is 106. The molecule has 7 nitrogen and oxygen atoms in total. The van der Waals surface area contributed by atoms with Crippen LogP contribution in [0.2, 0.25) is 0 Å². The van der Waals surface area contributed by atoms with Crippen molar-refractivity contribution in [3.8, 4) is 16.9 Å². The third-order valence-electron chi connectivity index (χ3n) is 4.52. The fraction of sp³-hybridized carbons (Fsp3) is 0.222. The van der Waals surface area contributed by atoms with Gasteiger partial charge in [-0.3, -0.25) is 23.4 Å². The van der Waals surface area contributed by atoms with Crippen molar-refractivity contribution in [2.24, 2.45) is 0 Å². The number of imidazole rings is 1. The molecule has 0 radical (unpaired) electrons. The number of hydrogen-bond donors (Lipinski definition) is 0. The fourth-order valence-electron chi connectivity index (χ4n) is 3.01. The number of aromatic nitrogens is 6. The summed E-state index contributed by atoms with van der Waals surface area (Å²) >= 11 is 0. The SMILES string of the molecule is O=c1cc(C(F)(F)F)nc2n(-c3cccnc3)c(-c3cnn(CC(F)(F)C(F)(F)F)c3)cn12. The summed E-state index contributed by atoms with van der Waals surface area (Å²) in [5.41, 5.74) is -2.52. The first kappa shape index (κ1) is 22.4. The number of halogens is 8. The summed E-state index contributed by atoms with van der Waals surface area (Å²) in [5.74, 6) is -5.56. The molecule has 0 saturated heterocycles. The van der Waals surface area contributed by atoms with Crippen molar-refractivity contribution >= 4 is 5.78 Å². The van der Waals surface area contributed by atoms with Crippen molar-refractivity contribution in [1.29, 1.82) is 0 Å². The lowest BCUT2D eigenvalue weighted by atomic mass is 10.2. The van der Waals surface area contributed by atoms with Gasteiger partial charge in [0, 0.05) is 30.2 Å². The van der Waals surface area contributed by atoms with Crippen molar-refractivity contribution in [2.75, 3.05) is 0 Å². The normalized spacial score (nSPS) is 13.1. The lowest BCUT2D eigenvalue weighted by Crippen LogP contribution is -2.40. The van der Waals surface area contributed by atoms with Crippen molar-refractivity contribution in [3.05, 3.63) is 65.2 Å². The van der Waals surface area contributed by atoms with E-state index in [1.807, 2.05) is 0 Å². The van der Waals surface area contributed by atoms with Crippen LogP contribution in [0.5, 0.6) is 0 Å². The summed E-state index contributed by atoms with van der Waals surface area (Å²) in [4.78, 5) is 19.7. The minimum atomic E-state index is -5.81. The Morgan fingerprint density at radius 1 is 0.970 bits per heavy atom. The highest BCUT2D eigenvalue weighted by molar-refractivity contribution is 5.65. The van der Waals surface area contributed by atoms with Crippen LogP contribution in [0.3, 0.4) is 0 Å². The quantitative estimate of drug-likeness (QED) is 0.417. The largest absolute Gasteiger partial charge is 0.455 e. The van der Waals surface area contributed by atoms with Gasteiger partial charge < -0.3 is 0 Å². The lowest BCUT2D eigenvalue weighted by Gasteiger charge is -2.19. The van der Waals surface area contributed by atoms with Crippen LogP contribution < -0.4 is 5.56 Å². The minimum Gasteiger partial charge on any atom is -0.276 e. The number of fused-ring (bicyclic) bond motifs is 1. The summed E-state index contributed by atoms with van der Waals surface area (Å²) in [5, 5.41) is 3.50. The Morgan fingerprint density at radius 3 is 2.30 bits per heavy atom. The van der Waals surface area contributed by atoms with Gasteiger partial charge in [0.05, 0.1) is 23.8 Å². The molecular weight excluding hydrogens is 468 g/mol. The highest BCUT2D eigenvalue weighted by Crippen LogP contribution is 2.37. The molecule has 0 aliphatic rings. The lowest BCUT2D eigenvalue weighted by molar-refractivity contribution is -0.287. The first-order chi connectivity index (χ1) is 15.3. The molecular formula is C18H10F8N6O. The van der Waals surface area contributed by atoms with Gasteiger partial charge in [0.25, 0.3) is 5.56 Å².